The van der Waals surface area contributed by atoms with Gasteiger partial charge in [-0.3, -0.25) is 0 Å². The molecule has 2 N–H and O–H groups in total. The predicted octanol–water partition coefficient (Wildman–Crippen LogP) is 2.27. The van der Waals surface area contributed by atoms with E-state index in [0.29, 0.717) is 5.25 Å². The second kappa shape index (κ2) is 6.06. The van der Waals surface area contributed by atoms with Crippen molar-refractivity contribution in [3.05, 3.63) is 35.9 Å². The minimum atomic E-state index is 0.450. The summed E-state index contributed by atoms with van der Waals surface area (Å²) < 4.78 is 0. The fourth-order valence-corrected chi connectivity index (χ4v) is 1.74. The van der Waals surface area contributed by atoms with Crippen molar-refractivity contribution >= 4 is 12.6 Å². The van der Waals surface area contributed by atoms with Crippen molar-refractivity contribution in [1.82, 2.24) is 0 Å². The van der Waals surface area contributed by atoms with Gasteiger partial charge in [0.25, 0.3) is 0 Å². The zero-order chi connectivity index (χ0) is 9.52. The molecule has 0 aliphatic rings. The van der Waals surface area contributed by atoms with Crippen molar-refractivity contribution < 1.29 is 0 Å². The molecule has 0 aliphatic heterocycles. The van der Waals surface area contributed by atoms with E-state index in [2.05, 4.69) is 36.9 Å². The molecule has 1 aromatic rings. The van der Waals surface area contributed by atoms with Gasteiger partial charge in [-0.05, 0) is 31.4 Å². The van der Waals surface area contributed by atoms with E-state index in [4.69, 9.17) is 5.73 Å². The van der Waals surface area contributed by atoms with Gasteiger partial charge in [0.1, 0.15) is 0 Å². The first-order valence-corrected chi connectivity index (χ1v) is 5.26. The maximum Gasteiger partial charge on any atom is 0.00576 e. The van der Waals surface area contributed by atoms with Crippen LogP contribution in [0.25, 0.3) is 0 Å². The second-order valence-electron chi connectivity index (χ2n) is 3.27. The number of nitrogens with two attached hydrogens (primary N) is 1. The largest absolute Gasteiger partial charge is 0.330 e. The smallest absolute Gasteiger partial charge is 0.00576 e. The van der Waals surface area contributed by atoms with Gasteiger partial charge in [0.15, 0.2) is 0 Å². The number of hydrogen-bond acceptors (Lipinski definition) is 2. The molecule has 1 rings (SSSR count). The van der Waals surface area contributed by atoms with Gasteiger partial charge >= 0.3 is 0 Å². The van der Waals surface area contributed by atoms with Crippen molar-refractivity contribution in [2.45, 2.75) is 24.5 Å². The lowest BCUT2D eigenvalue weighted by Crippen LogP contribution is -2.07. The van der Waals surface area contributed by atoms with Gasteiger partial charge in [0, 0.05) is 5.25 Å². The summed E-state index contributed by atoms with van der Waals surface area (Å²) >= 11 is 4.52. The van der Waals surface area contributed by atoms with Gasteiger partial charge in [-0.15, -0.1) is 0 Å². The Morgan fingerprint density at radius 1 is 1.23 bits per heavy atom. The monoisotopic (exact) mass is 195 g/mol. The lowest BCUT2D eigenvalue weighted by atomic mass is 10.1. The minimum absolute atomic E-state index is 0.450. The van der Waals surface area contributed by atoms with Crippen LogP contribution >= 0.6 is 12.6 Å². The summed E-state index contributed by atoms with van der Waals surface area (Å²) in [6, 6.07) is 10.5. The molecule has 0 aromatic heterocycles. The highest BCUT2D eigenvalue weighted by Crippen LogP contribution is 2.11. The van der Waals surface area contributed by atoms with E-state index in [0.717, 1.165) is 25.8 Å². The lowest BCUT2D eigenvalue weighted by Gasteiger charge is -2.09. The van der Waals surface area contributed by atoms with Gasteiger partial charge < -0.3 is 5.73 Å². The molecule has 1 nitrogen and oxygen atoms in total. The molecule has 0 radical (unpaired) electrons. The average molecular weight is 195 g/mol. The number of hydrogen-bond donors (Lipinski definition) is 2. The topological polar surface area (TPSA) is 26.0 Å². The standard InChI is InChI=1S/C11H17NS/c12-8-4-7-11(13)9-10-5-2-1-3-6-10/h1-3,5-6,11,13H,4,7-9,12H2. The van der Waals surface area contributed by atoms with Crippen LogP contribution < -0.4 is 5.73 Å². The highest BCUT2D eigenvalue weighted by molar-refractivity contribution is 7.80. The fraction of sp³-hybridized carbons (Fsp3) is 0.455. The SMILES string of the molecule is NCCCC(S)Cc1ccccc1. The van der Waals surface area contributed by atoms with Crippen LogP contribution in [0, 0.1) is 0 Å². The summed E-state index contributed by atoms with van der Waals surface area (Å²) in [5.74, 6) is 0. The Morgan fingerprint density at radius 3 is 2.54 bits per heavy atom. The quantitative estimate of drug-likeness (QED) is 0.693. The first-order chi connectivity index (χ1) is 6.33. The maximum absolute atomic E-state index is 5.44. The maximum atomic E-state index is 5.44. The molecular weight excluding hydrogens is 178 g/mol. The van der Waals surface area contributed by atoms with Crippen LogP contribution in [0.3, 0.4) is 0 Å². The summed E-state index contributed by atoms with van der Waals surface area (Å²) in [6.45, 7) is 0.770. The number of rotatable bonds is 5. The first-order valence-electron chi connectivity index (χ1n) is 4.75. The molecule has 0 heterocycles. The number of benzene rings is 1. The van der Waals surface area contributed by atoms with Crippen LogP contribution in [0.4, 0.5) is 0 Å². The van der Waals surface area contributed by atoms with E-state index < -0.39 is 0 Å². The molecule has 0 saturated heterocycles. The molecule has 13 heavy (non-hydrogen) atoms. The molecule has 1 atom stereocenters. The average Bonchev–Trinajstić information content (AvgIpc) is 2.16. The van der Waals surface area contributed by atoms with Crippen molar-refractivity contribution in [1.29, 1.82) is 0 Å². The molecule has 2 heteroatoms. The Morgan fingerprint density at radius 2 is 1.92 bits per heavy atom. The molecule has 0 saturated carbocycles. The molecule has 0 spiro atoms. The second-order valence-corrected chi connectivity index (χ2v) is 4.00. The van der Waals surface area contributed by atoms with E-state index in [1.807, 2.05) is 6.07 Å². The Kier molecular flexibility index (Phi) is 4.94. The molecular formula is C11H17NS. The van der Waals surface area contributed by atoms with Crippen molar-refractivity contribution in [3.63, 3.8) is 0 Å². The third-order valence-corrected chi connectivity index (χ3v) is 2.50. The Labute approximate surface area is 85.8 Å². The van der Waals surface area contributed by atoms with E-state index in [9.17, 15) is 0 Å². The highest BCUT2D eigenvalue weighted by Gasteiger charge is 2.02. The molecule has 0 bridgehead atoms. The summed E-state index contributed by atoms with van der Waals surface area (Å²) in [5, 5.41) is 0.450. The van der Waals surface area contributed by atoms with Crippen LogP contribution in [0.5, 0.6) is 0 Å². The molecule has 0 amide bonds. The third kappa shape index (κ3) is 4.34. The Bertz CT molecular complexity index is 223. The van der Waals surface area contributed by atoms with Crippen LogP contribution in [-0.2, 0) is 6.42 Å². The lowest BCUT2D eigenvalue weighted by molar-refractivity contribution is 0.704. The van der Waals surface area contributed by atoms with Crippen LogP contribution in [-0.4, -0.2) is 11.8 Å². The molecule has 0 aliphatic carbocycles. The summed E-state index contributed by atoms with van der Waals surface area (Å²) in [4.78, 5) is 0. The van der Waals surface area contributed by atoms with Gasteiger partial charge in [0.05, 0.1) is 0 Å². The Balaban J connectivity index is 2.32. The van der Waals surface area contributed by atoms with Gasteiger partial charge in [0.2, 0.25) is 0 Å². The number of thiol groups is 1. The highest BCUT2D eigenvalue weighted by atomic mass is 32.1. The van der Waals surface area contributed by atoms with E-state index in [1.165, 1.54) is 5.56 Å². The molecule has 1 aromatic carbocycles. The molecule has 0 fully saturated rings. The first kappa shape index (κ1) is 10.6. The van der Waals surface area contributed by atoms with Crippen molar-refractivity contribution in [2.75, 3.05) is 6.54 Å². The predicted molar refractivity (Wildman–Crippen MR) is 61.2 cm³/mol. The van der Waals surface area contributed by atoms with Crippen molar-refractivity contribution in [3.8, 4) is 0 Å². The van der Waals surface area contributed by atoms with Crippen molar-refractivity contribution in [2.24, 2.45) is 5.73 Å². The van der Waals surface area contributed by atoms with E-state index >= 15 is 0 Å². The fourth-order valence-electron chi connectivity index (χ4n) is 1.34. The van der Waals surface area contributed by atoms with Gasteiger partial charge in [-0.2, -0.15) is 12.6 Å². The summed E-state index contributed by atoms with van der Waals surface area (Å²) in [6.07, 6.45) is 3.22. The zero-order valence-electron chi connectivity index (χ0n) is 7.82. The van der Waals surface area contributed by atoms with Gasteiger partial charge in [-0.1, -0.05) is 30.3 Å². The van der Waals surface area contributed by atoms with Gasteiger partial charge in [-0.25, -0.2) is 0 Å². The zero-order valence-corrected chi connectivity index (χ0v) is 8.71. The summed E-state index contributed by atoms with van der Waals surface area (Å²) in [5.41, 5.74) is 6.80. The third-order valence-electron chi connectivity index (χ3n) is 2.06. The molecule has 72 valence electrons. The minimum Gasteiger partial charge on any atom is -0.330 e. The van der Waals surface area contributed by atoms with E-state index in [1.54, 1.807) is 0 Å². The van der Waals surface area contributed by atoms with Crippen LogP contribution in [0.2, 0.25) is 0 Å². The van der Waals surface area contributed by atoms with Crippen LogP contribution in [0.1, 0.15) is 18.4 Å². The van der Waals surface area contributed by atoms with Crippen LogP contribution in [0.15, 0.2) is 30.3 Å². The molecule has 1 unspecified atom stereocenters. The Hall–Kier alpha value is -0.470. The summed E-state index contributed by atoms with van der Waals surface area (Å²) in [7, 11) is 0. The normalized spacial score (nSPS) is 12.8. The van der Waals surface area contributed by atoms with E-state index in [-0.39, 0.29) is 0 Å².